The molecule has 0 saturated carbocycles. The van der Waals surface area contributed by atoms with Gasteiger partial charge in [0.15, 0.2) is 12.3 Å². The molecule has 0 radical (unpaired) electrons. The molecule has 0 aromatic carbocycles. The lowest BCUT2D eigenvalue weighted by Crippen LogP contribution is -2.63. The molecule has 0 spiro atoms. The van der Waals surface area contributed by atoms with Gasteiger partial charge in [0.05, 0.1) is 6.61 Å². The van der Waals surface area contributed by atoms with E-state index in [-0.39, 0.29) is 12.2 Å². The molecular weight excluding hydrogens is 346 g/mol. The Balaban J connectivity index is 1.96. The Hall–Kier alpha value is -2.01. The van der Waals surface area contributed by atoms with Gasteiger partial charge in [-0.25, -0.2) is 9.86 Å². The van der Waals surface area contributed by atoms with E-state index in [1.165, 1.54) is 20.2 Å². The van der Waals surface area contributed by atoms with E-state index >= 15 is 0 Å². The first-order chi connectivity index (χ1) is 12.3. The first-order valence-electron chi connectivity index (χ1n) is 8.52. The Morgan fingerprint density at radius 3 is 2.81 bits per heavy atom. The lowest BCUT2D eigenvalue weighted by atomic mass is 9.93. The number of rotatable bonds is 6. The molecule has 2 saturated heterocycles. The normalized spacial score (nSPS) is 30.8. The van der Waals surface area contributed by atoms with Crippen LogP contribution in [0.1, 0.15) is 31.6 Å². The third-order valence-electron chi connectivity index (χ3n) is 4.71. The second-order valence-corrected chi connectivity index (χ2v) is 6.60. The van der Waals surface area contributed by atoms with Gasteiger partial charge in [0, 0.05) is 25.4 Å². The van der Waals surface area contributed by atoms with Gasteiger partial charge >= 0.3 is 5.69 Å². The second-order valence-electron chi connectivity index (χ2n) is 6.60. The Kier molecular flexibility index (Phi) is 5.02. The maximum Gasteiger partial charge on any atom is 0.330 e. The number of hydroxylamine groups is 2. The Morgan fingerprint density at radius 2 is 2.12 bits per heavy atom. The van der Waals surface area contributed by atoms with Gasteiger partial charge in [0.1, 0.15) is 6.10 Å². The van der Waals surface area contributed by atoms with Crippen molar-refractivity contribution in [2.75, 3.05) is 20.3 Å². The molecule has 2 N–H and O–H groups in total. The topological polar surface area (TPSA) is 123 Å². The summed E-state index contributed by atoms with van der Waals surface area (Å²) in [6.45, 7) is 3.80. The fourth-order valence-corrected chi connectivity index (χ4v) is 3.20. The van der Waals surface area contributed by atoms with Crippen LogP contribution in [-0.2, 0) is 19.1 Å². The van der Waals surface area contributed by atoms with Gasteiger partial charge in [0.2, 0.25) is 5.60 Å². The Labute approximate surface area is 149 Å². The van der Waals surface area contributed by atoms with Crippen molar-refractivity contribution in [1.82, 2.24) is 14.6 Å². The van der Waals surface area contributed by atoms with Crippen LogP contribution in [0.2, 0.25) is 0 Å². The molecule has 4 atom stereocenters. The average Bonchev–Trinajstić information content (AvgIpc) is 2.81. The number of likely N-dealkylation sites (N-methyl/N-ethyl adjacent to an activating group) is 1. The van der Waals surface area contributed by atoms with Crippen LogP contribution in [0.25, 0.3) is 0 Å². The molecule has 1 aromatic heterocycles. The number of amides is 1. The van der Waals surface area contributed by atoms with Crippen molar-refractivity contribution in [2.45, 2.75) is 50.7 Å². The summed E-state index contributed by atoms with van der Waals surface area (Å²) in [5, 5.41) is 11.7. The van der Waals surface area contributed by atoms with Crippen molar-refractivity contribution in [3.63, 3.8) is 0 Å². The predicted octanol–water partition coefficient (Wildman–Crippen LogP) is -0.938. The zero-order chi connectivity index (χ0) is 19.1. The van der Waals surface area contributed by atoms with E-state index in [0.717, 1.165) is 22.5 Å². The van der Waals surface area contributed by atoms with Crippen molar-refractivity contribution >= 4 is 5.91 Å². The van der Waals surface area contributed by atoms with Crippen LogP contribution in [0.4, 0.5) is 0 Å². The predicted molar refractivity (Wildman–Crippen MR) is 88.3 cm³/mol. The molecule has 3 heterocycles. The van der Waals surface area contributed by atoms with Crippen LogP contribution in [0.15, 0.2) is 15.8 Å². The molecular formula is C16H23N3O7. The molecule has 2 bridgehead atoms. The number of aromatic amines is 1. The lowest BCUT2D eigenvalue weighted by Gasteiger charge is -2.37. The molecule has 2 aliphatic rings. The molecule has 10 nitrogen and oxygen atoms in total. The van der Waals surface area contributed by atoms with E-state index in [2.05, 4.69) is 4.98 Å². The van der Waals surface area contributed by atoms with Crippen molar-refractivity contribution in [1.29, 1.82) is 0 Å². The summed E-state index contributed by atoms with van der Waals surface area (Å²) in [7, 11) is 1.41. The molecule has 3 rings (SSSR count). The highest BCUT2D eigenvalue weighted by molar-refractivity contribution is 5.86. The van der Waals surface area contributed by atoms with Gasteiger partial charge in [0.25, 0.3) is 11.5 Å². The number of carbonyl (C=O) groups excluding carboxylic acids is 1. The van der Waals surface area contributed by atoms with Crippen LogP contribution in [0.5, 0.6) is 0 Å². The number of aromatic nitrogens is 2. The molecule has 2 unspecified atom stereocenters. The fourth-order valence-electron chi connectivity index (χ4n) is 3.20. The summed E-state index contributed by atoms with van der Waals surface area (Å²) >= 11 is 0. The van der Waals surface area contributed by atoms with Gasteiger partial charge in [-0.1, -0.05) is 13.3 Å². The third kappa shape index (κ3) is 2.88. The highest BCUT2D eigenvalue weighted by Crippen LogP contribution is 2.43. The van der Waals surface area contributed by atoms with Gasteiger partial charge in [-0.2, -0.15) is 0 Å². The van der Waals surface area contributed by atoms with Gasteiger partial charge in [-0.05, 0) is 13.3 Å². The number of hydrogen-bond donors (Lipinski definition) is 2. The smallest absolute Gasteiger partial charge is 0.330 e. The minimum atomic E-state index is -1.67. The van der Waals surface area contributed by atoms with E-state index in [4.69, 9.17) is 14.3 Å². The van der Waals surface area contributed by atoms with E-state index in [1.807, 2.05) is 6.92 Å². The molecule has 144 valence electrons. The highest BCUT2D eigenvalue weighted by Gasteiger charge is 2.66. The van der Waals surface area contributed by atoms with Gasteiger partial charge in [-0.3, -0.25) is 24.0 Å². The number of aryl methyl sites for hydroxylation is 1. The zero-order valence-electron chi connectivity index (χ0n) is 14.9. The quantitative estimate of drug-likeness (QED) is 0.621. The number of ether oxygens (including phenoxy) is 2. The molecule has 2 fully saturated rings. The number of unbranched alkanes of at least 4 members (excludes halogenated alkanes) is 1. The second kappa shape index (κ2) is 6.95. The molecule has 0 aliphatic carbocycles. The standard InChI is InChI=1S/C16H23N3O7/c1-4-5-6-24-8-16-11(20)10(26-18(3)14(16)22)13(25-16)19-7-9(2)12(21)17-15(19)23/h7,10-11,13,20H,4-6,8H2,1-3H3,(H,17,21,23)/t10?,11?,13-,16-/m1/s1. The first-order valence-corrected chi connectivity index (χ1v) is 8.52. The number of fused-ring (bicyclic) bond motifs is 2. The van der Waals surface area contributed by atoms with E-state index in [9.17, 15) is 19.5 Å². The van der Waals surface area contributed by atoms with E-state index in [0.29, 0.717) is 6.61 Å². The maximum absolute atomic E-state index is 12.7. The van der Waals surface area contributed by atoms with Gasteiger partial charge < -0.3 is 14.6 Å². The first kappa shape index (κ1) is 18.8. The largest absolute Gasteiger partial charge is 0.386 e. The number of H-pyrrole nitrogens is 1. The van der Waals surface area contributed by atoms with Crippen LogP contribution in [0.3, 0.4) is 0 Å². The number of aliphatic hydroxyl groups is 1. The van der Waals surface area contributed by atoms with Crippen molar-refractivity contribution in [3.05, 3.63) is 32.6 Å². The van der Waals surface area contributed by atoms with Crippen LogP contribution < -0.4 is 11.2 Å². The minimum absolute atomic E-state index is 0.162. The third-order valence-corrected chi connectivity index (χ3v) is 4.71. The molecule has 1 aromatic rings. The molecule has 1 amide bonds. The van der Waals surface area contributed by atoms with Crippen molar-refractivity contribution < 1.29 is 24.2 Å². The van der Waals surface area contributed by atoms with E-state index < -0.39 is 41.2 Å². The van der Waals surface area contributed by atoms with Gasteiger partial charge in [-0.15, -0.1) is 0 Å². The number of nitrogens with zero attached hydrogens (tertiary/aromatic N) is 2. The van der Waals surface area contributed by atoms with E-state index in [1.54, 1.807) is 0 Å². The zero-order valence-corrected chi connectivity index (χ0v) is 14.9. The lowest BCUT2D eigenvalue weighted by molar-refractivity contribution is -0.246. The summed E-state index contributed by atoms with van der Waals surface area (Å²) in [4.78, 5) is 44.1. The minimum Gasteiger partial charge on any atom is -0.386 e. The summed E-state index contributed by atoms with van der Waals surface area (Å²) in [6.07, 6.45) is -0.370. The number of carbonyl (C=O) groups is 1. The van der Waals surface area contributed by atoms with Crippen LogP contribution >= 0.6 is 0 Å². The monoisotopic (exact) mass is 369 g/mol. The summed E-state index contributed by atoms with van der Waals surface area (Å²) in [5.41, 5.74) is -2.61. The summed E-state index contributed by atoms with van der Waals surface area (Å²) in [6, 6.07) is 0. The molecule has 10 heteroatoms. The van der Waals surface area contributed by atoms with Crippen LogP contribution in [-0.4, -0.2) is 63.7 Å². The van der Waals surface area contributed by atoms with Crippen molar-refractivity contribution in [2.24, 2.45) is 0 Å². The average molecular weight is 369 g/mol. The molecule has 26 heavy (non-hydrogen) atoms. The van der Waals surface area contributed by atoms with Crippen LogP contribution in [0, 0.1) is 6.92 Å². The summed E-state index contributed by atoms with van der Waals surface area (Å²) < 4.78 is 12.5. The molecule has 2 aliphatic heterocycles. The number of aliphatic hydroxyl groups excluding tert-OH is 1. The Morgan fingerprint density at radius 1 is 1.38 bits per heavy atom. The SMILES string of the molecule is CCCCOC[C@]12O[C@@H](n3cc(C)c(=O)[nH]c3=O)C(ON(C)C1=O)C2O. The Bertz CT molecular complexity index is 804. The summed E-state index contributed by atoms with van der Waals surface area (Å²) in [5.74, 6) is -0.588. The number of hydrogen-bond acceptors (Lipinski definition) is 7. The highest BCUT2D eigenvalue weighted by atomic mass is 16.7. The fraction of sp³-hybridized carbons (Fsp3) is 0.688. The van der Waals surface area contributed by atoms with Crippen molar-refractivity contribution in [3.8, 4) is 0 Å². The maximum atomic E-state index is 12.7. The number of nitrogens with one attached hydrogen (secondary N) is 1.